The molecule has 1 aliphatic rings. The maximum atomic E-state index is 12.9. The minimum atomic E-state index is -0.347. The van der Waals surface area contributed by atoms with Crippen LogP contribution in [0.1, 0.15) is 17.6 Å². The number of nitrogens with zero attached hydrogens (tertiary/aromatic N) is 3. The van der Waals surface area contributed by atoms with Gasteiger partial charge in [0.25, 0.3) is 0 Å². The second-order valence-electron chi connectivity index (χ2n) is 6.79. The average molecular weight is 437 g/mol. The normalized spacial score (nSPS) is 14.8. The van der Waals surface area contributed by atoms with Crippen LogP contribution < -0.4 is 5.32 Å². The number of benzene rings is 1. The van der Waals surface area contributed by atoms with Crippen LogP contribution in [0.4, 0.5) is 10.1 Å². The van der Waals surface area contributed by atoms with Crippen LogP contribution in [0.5, 0.6) is 0 Å². The van der Waals surface area contributed by atoms with Crippen molar-refractivity contribution in [3.05, 3.63) is 46.2 Å². The molecule has 1 aromatic carbocycles. The number of aromatic nitrogens is 1. The molecule has 0 bridgehead atoms. The van der Waals surface area contributed by atoms with Crippen molar-refractivity contribution in [2.24, 2.45) is 0 Å². The van der Waals surface area contributed by atoms with Crippen molar-refractivity contribution in [2.75, 3.05) is 43.0 Å². The van der Waals surface area contributed by atoms with Crippen molar-refractivity contribution in [2.45, 2.75) is 19.9 Å². The van der Waals surface area contributed by atoms with Gasteiger partial charge in [0.15, 0.2) is 0 Å². The molecule has 0 radical (unpaired) electrons. The average Bonchev–Trinajstić information content (AvgIpc) is 3.18. The third kappa shape index (κ3) is 6.80. The van der Waals surface area contributed by atoms with E-state index in [1.807, 2.05) is 4.90 Å². The molecule has 0 saturated carbocycles. The molecule has 156 valence electrons. The van der Waals surface area contributed by atoms with E-state index in [-0.39, 0.29) is 29.1 Å². The monoisotopic (exact) mass is 436 g/mol. The molecule has 2 amide bonds. The van der Waals surface area contributed by atoms with Crippen LogP contribution in [0, 0.1) is 5.82 Å². The molecule has 1 aromatic heterocycles. The molecule has 6 nitrogen and oxygen atoms in total. The molecule has 1 saturated heterocycles. The standard InChI is InChI=1S/C20H25FN4O2S2/c1-2-19-23-17(12-29-19)11-24-7-9-25(10-8-24)20(27)14-28-13-18(26)22-16-5-3-15(21)4-6-16/h3-6,12H,2,7-11,13-14H2,1H3,(H,22,26). The van der Waals surface area contributed by atoms with Gasteiger partial charge in [-0.2, -0.15) is 0 Å². The minimum absolute atomic E-state index is 0.0613. The molecular formula is C20H25FN4O2S2. The number of amides is 2. The zero-order valence-electron chi connectivity index (χ0n) is 16.4. The van der Waals surface area contributed by atoms with Gasteiger partial charge in [-0.1, -0.05) is 6.92 Å². The fourth-order valence-corrected chi connectivity index (χ4v) is 4.47. The van der Waals surface area contributed by atoms with Gasteiger partial charge in [0.1, 0.15) is 5.82 Å². The predicted octanol–water partition coefficient (Wildman–Crippen LogP) is 2.86. The van der Waals surface area contributed by atoms with E-state index in [2.05, 4.69) is 27.5 Å². The van der Waals surface area contributed by atoms with Crippen molar-refractivity contribution in [3.63, 3.8) is 0 Å². The summed E-state index contributed by atoms with van der Waals surface area (Å²) >= 11 is 3.00. The summed E-state index contributed by atoms with van der Waals surface area (Å²) in [6.45, 7) is 6.01. The Morgan fingerprint density at radius 1 is 1.17 bits per heavy atom. The summed E-state index contributed by atoms with van der Waals surface area (Å²) in [5.41, 5.74) is 1.65. The van der Waals surface area contributed by atoms with Gasteiger partial charge in [-0.25, -0.2) is 9.37 Å². The van der Waals surface area contributed by atoms with E-state index in [4.69, 9.17) is 0 Å². The minimum Gasteiger partial charge on any atom is -0.339 e. The molecule has 1 fully saturated rings. The van der Waals surface area contributed by atoms with E-state index in [1.165, 1.54) is 36.0 Å². The number of anilines is 1. The Kier molecular flexibility index (Phi) is 8.02. The van der Waals surface area contributed by atoms with Gasteiger partial charge in [-0.15, -0.1) is 23.1 Å². The predicted molar refractivity (Wildman–Crippen MR) is 116 cm³/mol. The third-order valence-corrected chi connectivity index (χ3v) is 6.56. The Morgan fingerprint density at radius 2 is 1.90 bits per heavy atom. The van der Waals surface area contributed by atoms with Crippen molar-refractivity contribution >= 4 is 40.6 Å². The highest BCUT2D eigenvalue weighted by Crippen LogP contribution is 2.14. The van der Waals surface area contributed by atoms with Gasteiger partial charge >= 0.3 is 0 Å². The number of rotatable bonds is 8. The van der Waals surface area contributed by atoms with Gasteiger partial charge < -0.3 is 10.2 Å². The van der Waals surface area contributed by atoms with Gasteiger partial charge in [0, 0.05) is 43.8 Å². The SMILES string of the molecule is CCc1nc(CN2CCN(C(=O)CSCC(=O)Nc3ccc(F)cc3)CC2)cs1. The van der Waals surface area contributed by atoms with E-state index < -0.39 is 0 Å². The molecule has 0 spiro atoms. The van der Waals surface area contributed by atoms with E-state index in [0.717, 1.165) is 36.8 Å². The number of nitrogens with one attached hydrogen (secondary N) is 1. The third-order valence-electron chi connectivity index (χ3n) is 4.60. The number of hydrogen-bond acceptors (Lipinski definition) is 6. The number of aryl methyl sites for hydroxylation is 1. The van der Waals surface area contributed by atoms with Crippen LogP contribution in [-0.2, 0) is 22.6 Å². The molecule has 9 heteroatoms. The summed E-state index contributed by atoms with van der Waals surface area (Å²) in [5.74, 6) is -0.0180. The maximum absolute atomic E-state index is 12.9. The number of carbonyl (C=O) groups excluding carboxylic acids is 2. The molecule has 3 rings (SSSR count). The maximum Gasteiger partial charge on any atom is 0.234 e. The van der Waals surface area contributed by atoms with Crippen molar-refractivity contribution in [1.82, 2.24) is 14.8 Å². The van der Waals surface area contributed by atoms with Gasteiger partial charge in [-0.05, 0) is 30.7 Å². The Morgan fingerprint density at radius 3 is 2.55 bits per heavy atom. The Hall–Kier alpha value is -1.97. The number of piperazine rings is 1. The summed E-state index contributed by atoms with van der Waals surface area (Å²) in [7, 11) is 0. The lowest BCUT2D eigenvalue weighted by molar-refractivity contribution is -0.130. The first-order valence-corrected chi connectivity index (χ1v) is 11.6. The summed E-state index contributed by atoms with van der Waals surface area (Å²) in [6.07, 6.45) is 0.965. The van der Waals surface area contributed by atoms with Crippen LogP contribution in [-0.4, -0.2) is 64.3 Å². The van der Waals surface area contributed by atoms with Crippen LogP contribution in [0.2, 0.25) is 0 Å². The number of thiazole rings is 1. The Balaban J connectivity index is 1.33. The second-order valence-corrected chi connectivity index (χ2v) is 8.72. The number of halogens is 1. The van der Waals surface area contributed by atoms with Crippen LogP contribution in [0.25, 0.3) is 0 Å². The van der Waals surface area contributed by atoms with E-state index >= 15 is 0 Å². The number of carbonyl (C=O) groups is 2. The fraction of sp³-hybridized carbons (Fsp3) is 0.450. The Labute approximate surface area is 178 Å². The summed E-state index contributed by atoms with van der Waals surface area (Å²) < 4.78 is 12.9. The topological polar surface area (TPSA) is 65.5 Å². The van der Waals surface area contributed by atoms with E-state index in [9.17, 15) is 14.0 Å². The van der Waals surface area contributed by atoms with Crippen LogP contribution in [0.15, 0.2) is 29.6 Å². The molecule has 29 heavy (non-hydrogen) atoms. The molecule has 2 heterocycles. The van der Waals surface area contributed by atoms with Crippen molar-refractivity contribution in [3.8, 4) is 0 Å². The zero-order valence-corrected chi connectivity index (χ0v) is 18.0. The van der Waals surface area contributed by atoms with Crippen molar-refractivity contribution in [1.29, 1.82) is 0 Å². The lowest BCUT2D eigenvalue weighted by Gasteiger charge is -2.34. The largest absolute Gasteiger partial charge is 0.339 e. The molecule has 1 N–H and O–H groups in total. The summed E-state index contributed by atoms with van der Waals surface area (Å²) in [6, 6.07) is 5.61. The smallest absolute Gasteiger partial charge is 0.234 e. The zero-order chi connectivity index (χ0) is 20.6. The number of thioether (sulfide) groups is 1. The fourth-order valence-electron chi connectivity index (χ4n) is 3.02. The highest BCUT2D eigenvalue weighted by atomic mass is 32.2. The lowest BCUT2D eigenvalue weighted by Crippen LogP contribution is -2.48. The Bertz CT molecular complexity index is 820. The first kappa shape index (κ1) is 21.7. The number of hydrogen-bond donors (Lipinski definition) is 1. The highest BCUT2D eigenvalue weighted by Gasteiger charge is 2.21. The van der Waals surface area contributed by atoms with E-state index in [1.54, 1.807) is 11.3 Å². The molecule has 0 aliphatic carbocycles. The van der Waals surface area contributed by atoms with Crippen LogP contribution >= 0.6 is 23.1 Å². The summed E-state index contributed by atoms with van der Waals surface area (Å²) in [5, 5.41) is 5.97. The molecule has 1 aliphatic heterocycles. The van der Waals surface area contributed by atoms with Crippen molar-refractivity contribution < 1.29 is 14.0 Å². The lowest BCUT2D eigenvalue weighted by atomic mass is 10.3. The molecule has 2 aromatic rings. The van der Waals surface area contributed by atoms with E-state index in [0.29, 0.717) is 18.8 Å². The molecule has 0 atom stereocenters. The van der Waals surface area contributed by atoms with Gasteiger partial charge in [-0.3, -0.25) is 14.5 Å². The quantitative estimate of drug-likeness (QED) is 0.689. The first-order chi connectivity index (χ1) is 14.0. The van der Waals surface area contributed by atoms with Gasteiger partial charge in [0.2, 0.25) is 11.8 Å². The summed E-state index contributed by atoms with van der Waals surface area (Å²) in [4.78, 5) is 33.1. The van der Waals surface area contributed by atoms with Gasteiger partial charge in [0.05, 0.1) is 22.2 Å². The second kappa shape index (κ2) is 10.7. The highest BCUT2D eigenvalue weighted by molar-refractivity contribution is 8.00. The molecular weight excluding hydrogens is 411 g/mol. The van der Waals surface area contributed by atoms with Crippen LogP contribution in [0.3, 0.4) is 0 Å². The molecule has 0 unspecified atom stereocenters. The first-order valence-electron chi connectivity index (χ1n) is 9.60.